The van der Waals surface area contributed by atoms with Crippen molar-refractivity contribution in [2.75, 3.05) is 18.4 Å². The summed E-state index contributed by atoms with van der Waals surface area (Å²) in [5.41, 5.74) is 0.703. The Morgan fingerprint density at radius 1 is 1.27 bits per heavy atom. The lowest BCUT2D eigenvalue weighted by atomic mass is 10.3. The van der Waals surface area contributed by atoms with Gasteiger partial charge in [-0.15, -0.1) is 0 Å². The third kappa shape index (κ3) is 2.55. The van der Waals surface area contributed by atoms with Crippen molar-refractivity contribution >= 4 is 34.8 Å². The largest absolute Gasteiger partial charge is 0.356 e. The molecule has 0 atom stereocenters. The Balaban J connectivity index is 2.19. The molecule has 2 rings (SSSR count). The molecule has 1 aliphatic rings. The number of halogens is 2. The van der Waals surface area contributed by atoms with Gasteiger partial charge in [0.25, 0.3) is 0 Å². The monoisotopic (exact) mass is 243 g/mol. The van der Waals surface area contributed by atoms with Crippen molar-refractivity contribution in [2.24, 2.45) is 4.99 Å². The Morgan fingerprint density at radius 2 is 2.00 bits per heavy atom. The minimum Gasteiger partial charge on any atom is -0.356 e. The Kier molecular flexibility index (Phi) is 3.34. The standard InChI is InChI=1S/C10H11Cl2N3/c11-7-3-1-4-8(12)9(7)15-10-13-5-2-6-14-10/h1,3-4H,2,5-6H2,(H2,13,14,15). The maximum absolute atomic E-state index is 6.02. The molecule has 0 aromatic heterocycles. The van der Waals surface area contributed by atoms with Gasteiger partial charge in [-0.05, 0) is 18.6 Å². The molecule has 1 heterocycles. The number of para-hydroxylation sites is 1. The molecule has 1 aliphatic heterocycles. The van der Waals surface area contributed by atoms with E-state index in [1.807, 2.05) is 6.07 Å². The van der Waals surface area contributed by atoms with Gasteiger partial charge in [-0.3, -0.25) is 4.99 Å². The topological polar surface area (TPSA) is 36.4 Å². The molecule has 0 bridgehead atoms. The van der Waals surface area contributed by atoms with E-state index in [0.29, 0.717) is 15.7 Å². The molecule has 0 saturated heterocycles. The van der Waals surface area contributed by atoms with Gasteiger partial charge in [0.05, 0.1) is 15.7 Å². The highest BCUT2D eigenvalue weighted by molar-refractivity contribution is 6.39. The van der Waals surface area contributed by atoms with Crippen molar-refractivity contribution in [1.29, 1.82) is 0 Å². The molecule has 0 fully saturated rings. The number of anilines is 1. The minimum absolute atomic E-state index is 0.595. The Morgan fingerprint density at radius 3 is 2.60 bits per heavy atom. The lowest BCUT2D eigenvalue weighted by Crippen LogP contribution is -2.35. The third-order valence-corrected chi connectivity index (χ3v) is 2.73. The number of guanidine groups is 1. The van der Waals surface area contributed by atoms with Crippen LogP contribution >= 0.6 is 23.2 Å². The fourth-order valence-electron chi connectivity index (χ4n) is 1.35. The van der Waals surface area contributed by atoms with Crippen LogP contribution in [0.15, 0.2) is 23.2 Å². The quantitative estimate of drug-likeness (QED) is 0.796. The van der Waals surface area contributed by atoms with Gasteiger partial charge in [0.15, 0.2) is 5.96 Å². The van der Waals surface area contributed by atoms with E-state index in [9.17, 15) is 0 Å². The first kappa shape index (κ1) is 10.6. The van der Waals surface area contributed by atoms with E-state index in [2.05, 4.69) is 15.6 Å². The minimum atomic E-state index is 0.595. The third-order valence-electron chi connectivity index (χ3n) is 2.10. The molecule has 3 nitrogen and oxygen atoms in total. The maximum atomic E-state index is 6.02. The smallest absolute Gasteiger partial charge is 0.195 e. The molecule has 0 spiro atoms. The molecule has 0 unspecified atom stereocenters. The Hall–Kier alpha value is -0.930. The number of hydrogen-bond donors (Lipinski definition) is 2. The fourth-order valence-corrected chi connectivity index (χ4v) is 1.84. The van der Waals surface area contributed by atoms with Crippen LogP contribution in [-0.2, 0) is 0 Å². The molecular weight excluding hydrogens is 233 g/mol. The van der Waals surface area contributed by atoms with Crippen LogP contribution in [0.1, 0.15) is 6.42 Å². The zero-order valence-electron chi connectivity index (χ0n) is 8.06. The van der Waals surface area contributed by atoms with Crippen LogP contribution in [0.4, 0.5) is 5.69 Å². The highest BCUT2D eigenvalue weighted by atomic mass is 35.5. The summed E-state index contributed by atoms with van der Waals surface area (Å²) in [5.74, 6) is 0.733. The summed E-state index contributed by atoms with van der Waals surface area (Å²) in [6.45, 7) is 1.76. The Labute approximate surface area is 98.5 Å². The van der Waals surface area contributed by atoms with Gasteiger partial charge in [0.2, 0.25) is 0 Å². The van der Waals surface area contributed by atoms with E-state index < -0.39 is 0 Å². The van der Waals surface area contributed by atoms with Crippen molar-refractivity contribution in [3.05, 3.63) is 28.2 Å². The first-order valence-electron chi connectivity index (χ1n) is 4.77. The highest BCUT2D eigenvalue weighted by Gasteiger charge is 2.09. The molecule has 0 saturated carbocycles. The van der Waals surface area contributed by atoms with Crippen molar-refractivity contribution in [2.45, 2.75) is 6.42 Å². The summed E-state index contributed by atoms with van der Waals surface area (Å²) in [6.07, 6.45) is 1.06. The second-order valence-corrected chi connectivity index (χ2v) is 4.05. The van der Waals surface area contributed by atoms with Crippen LogP contribution in [0.5, 0.6) is 0 Å². The van der Waals surface area contributed by atoms with Gasteiger partial charge in [-0.2, -0.15) is 0 Å². The van der Waals surface area contributed by atoms with Crippen LogP contribution in [0, 0.1) is 0 Å². The summed E-state index contributed by atoms with van der Waals surface area (Å²) >= 11 is 12.0. The molecule has 1 aromatic carbocycles. The van der Waals surface area contributed by atoms with Gasteiger partial charge in [0.1, 0.15) is 0 Å². The summed E-state index contributed by atoms with van der Waals surface area (Å²) < 4.78 is 0. The van der Waals surface area contributed by atoms with Crippen LogP contribution in [0.25, 0.3) is 0 Å². The number of hydrogen-bond acceptors (Lipinski definition) is 3. The summed E-state index contributed by atoms with van der Waals surface area (Å²) in [6, 6.07) is 5.39. The summed E-state index contributed by atoms with van der Waals surface area (Å²) in [5, 5.41) is 7.43. The SMILES string of the molecule is Clc1cccc(Cl)c1NC1=NCCCN1. The van der Waals surface area contributed by atoms with Gasteiger partial charge in [0, 0.05) is 13.1 Å². The molecule has 2 N–H and O–H groups in total. The van der Waals surface area contributed by atoms with Gasteiger partial charge >= 0.3 is 0 Å². The zero-order valence-corrected chi connectivity index (χ0v) is 9.57. The molecule has 5 heteroatoms. The first-order chi connectivity index (χ1) is 7.27. The molecule has 0 amide bonds. The van der Waals surface area contributed by atoms with Gasteiger partial charge in [-0.25, -0.2) is 0 Å². The molecule has 0 aliphatic carbocycles. The molecule has 15 heavy (non-hydrogen) atoms. The van der Waals surface area contributed by atoms with Crippen LogP contribution in [0.2, 0.25) is 10.0 Å². The number of nitrogens with zero attached hydrogens (tertiary/aromatic N) is 1. The first-order valence-corrected chi connectivity index (χ1v) is 5.52. The molecule has 80 valence electrons. The summed E-state index contributed by atoms with van der Waals surface area (Å²) in [7, 11) is 0. The normalized spacial score (nSPS) is 15.5. The second kappa shape index (κ2) is 4.73. The van der Waals surface area contributed by atoms with Crippen molar-refractivity contribution in [1.82, 2.24) is 5.32 Å². The predicted octanol–water partition coefficient (Wildman–Crippen LogP) is 2.75. The Bertz CT molecular complexity index is 370. The van der Waals surface area contributed by atoms with E-state index in [-0.39, 0.29) is 0 Å². The predicted molar refractivity (Wildman–Crippen MR) is 65.0 cm³/mol. The van der Waals surface area contributed by atoms with Crippen molar-refractivity contribution < 1.29 is 0 Å². The number of aliphatic imine (C=N–C) groups is 1. The van der Waals surface area contributed by atoms with E-state index in [1.54, 1.807) is 12.1 Å². The second-order valence-electron chi connectivity index (χ2n) is 3.23. The number of rotatable bonds is 1. The average molecular weight is 244 g/mol. The van der Waals surface area contributed by atoms with Crippen molar-refractivity contribution in [3.8, 4) is 0 Å². The number of nitrogens with one attached hydrogen (secondary N) is 2. The maximum Gasteiger partial charge on any atom is 0.195 e. The van der Waals surface area contributed by atoms with Crippen LogP contribution in [0.3, 0.4) is 0 Å². The van der Waals surface area contributed by atoms with Crippen LogP contribution < -0.4 is 10.6 Å². The molecule has 1 aromatic rings. The summed E-state index contributed by atoms with van der Waals surface area (Å²) in [4.78, 5) is 4.28. The zero-order chi connectivity index (χ0) is 10.7. The van der Waals surface area contributed by atoms with Gasteiger partial charge in [-0.1, -0.05) is 29.3 Å². The molecule has 0 radical (unpaired) electrons. The van der Waals surface area contributed by atoms with E-state index in [0.717, 1.165) is 25.5 Å². The van der Waals surface area contributed by atoms with E-state index >= 15 is 0 Å². The average Bonchev–Trinajstić information content (AvgIpc) is 2.25. The van der Waals surface area contributed by atoms with Crippen molar-refractivity contribution in [3.63, 3.8) is 0 Å². The van der Waals surface area contributed by atoms with Gasteiger partial charge < -0.3 is 10.6 Å². The van der Waals surface area contributed by atoms with E-state index in [1.165, 1.54) is 0 Å². The molecular formula is C10H11Cl2N3. The fraction of sp³-hybridized carbons (Fsp3) is 0.300. The van der Waals surface area contributed by atoms with E-state index in [4.69, 9.17) is 23.2 Å². The lowest BCUT2D eigenvalue weighted by molar-refractivity contribution is 0.740. The van der Waals surface area contributed by atoms with Crippen LogP contribution in [-0.4, -0.2) is 19.0 Å². The number of benzene rings is 1. The highest BCUT2D eigenvalue weighted by Crippen LogP contribution is 2.29. The lowest BCUT2D eigenvalue weighted by Gasteiger charge is -2.17.